The number of nitrogens with one attached hydrogen (secondary N) is 2. The fraction of sp³-hybridized carbons (Fsp3) is 0.889. The molecule has 2 N–H and O–H groups in total. The highest BCUT2D eigenvalue weighted by molar-refractivity contribution is 7.84. The molecule has 0 aromatic carbocycles. The molecule has 1 aliphatic heterocycles. The minimum absolute atomic E-state index is 0.0997. The molecule has 0 aliphatic carbocycles. The van der Waals surface area contributed by atoms with Crippen LogP contribution in [0.4, 0.5) is 0 Å². The number of carbonyl (C=O) groups is 1. The van der Waals surface area contributed by atoms with Crippen molar-refractivity contribution >= 4 is 16.7 Å². The summed E-state index contributed by atoms with van der Waals surface area (Å²) in [5.74, 6) is 0.753. The Morgan fingerprint density at radius 1 is 1.64 bits per heavy atom. The predicted octanol–water partition coefficient (Wildman–Crippen LogP) is -0.519. The van der Waals surface area contributed by atoms with Gasteiger partial charge in [0.2, 0.25) is 5.91 Å². The Balaban J connectivity index is 2.16. The van der Waals surface area contributed by atoms with Crippen molar-refractivity contribution in [1.29, 1.82) is 0 Å². The molecule has 0 bridgehead atoms. The van der Waals surface area contributed by atoms with E-state index < -0.39 is 10.8 Å². The van der Waals surface area contributed by atoms with E-state index in [9.17, 15) is 9.00 Å². The molecule has 2 unspecified atom stereocenters. The van der Waals surface area contributed by atoms with Gasteiger partial charge in [-0.1, -0.05) is 0 Å². The average molecular weight is 218 g/mol. The molecular formula is C9H18N2O2S. The summed E-state index contributed by atoms with van der Waals surface area (Å²) in [7, 11) is -0.817. The lowest BCUT2D eigenvalue weighted by atomic mass is 9.99. The van der Waals surface area contributed by atoms with E-state index in [4.69, 9.17) is 0 Å². The van der Waals surface area contributed by atoms with Gasteiger partial charge in [0.05, 0.1) is 5.92 Å². The summed E-state index contributed by atoms with van der Waals surface area (Å²) in [6, 6.07) is 0. The second-order valence-corrected chi connectivity index (χ2v) is 5.17. The zero-order chi connectivity index (χ0) is 10.4. The standard InChI is InChI=1S/C9H18N2O2S/c1-14(13)6-5-11-9(12)8-3-2-4-10-7-8/h8,10H,2-7H2,1H3,(H,11,12). The predicted molar refractivity (Wildman–Crippen MR) is 57.5 cm³/mol. The third-order valence-corrected chi connectivity index (χ3v) is 3.14. The van der Waals surface area contributed by atoms with E-state index in [1.54, 1.807) is 6.26 Å². The van der Waals surface area contributed by atoms with Gasteiger partial charge in [0.25, 0.3) is 0 Å². The number of amides is 1. The van der Waals surface area contributed by atoms with Crippen molar-refractivity contribution in [3.8, 4) is 0 Å². The highest BCUT2D eigenvalue weighted by atomic mass is 32.2. The molecule has 1 fully saturated rings. The Labute approximate surface area is 87.3 Å². The molecule has 5 heteroatoms. The van der Waals surface area contributed by atoms with Crippen LogP contribution in [0.1, 0.15) is 12.8 Å². The topological polar surface area (TPSA) is 58.2 Å². The van der Waals surface area contributed by atoms with Gasteiger partial charge in [-0.05, 0) is 19.4 Å². The summed E-state index contributed by atoms with van der Waals surface area (Å²) in [6.45, 7) is 2.32. The van der Waals surface area contributed by atoms with Crippen molar-refractivity contribution in [2.75, 3.05) is 31.6 Å². The van der Waals surface area contributed by atoms with Crippen LogP contribution < -0.4 is 10.6 Å². The minimum atomic E-state index is -0.817. The van der Waals surface area contributed by atoms with E-state index >= 15 is 0 Å². The third-order valence-electron chi connectivity index (χ3n) is 2.36. The normalized spacial score (nSPS) is 24.2. The van der Waals surface area contributed by atoms with Crippen LogP contribution in [0.15, 0.2) is 0 Å². The van der Waals surface area contributed by atoms with E-state index in [2.05, 4.69) is 10.6 Å². The van der Waals surface area contributed by atoms with Gasteiger partial charge in [0.15, 0.2) is 0 Å². The summed E-state index contributed by atoms with van der Waals surface area (Å²) in [6.07, 6.45) is 3.68. The van der Waals surface area contributed by atoms with Crippen LogP contribution in [0.2, 0.25) is 0 Å². The molecule has 0 aromatic heterocycles. The molecular weight excluding hydrogens is 200 g/mol. The van der Waals surface area contributed by atoms with Crippen molar-refractivity contribution in [2.24, 2.45) is 5.92 Å². The Morgan fingerprint density at radius 2 is 2.43 bits per heavy atom. The monoisotopic (exact) mass is 218 g/mol. The summed E-state index contributed by atoms with van der Waals surface area (Å²) < 4.78 is 10.7. The van der Waals surface area contributed by atoms with E-state index in [1.807, 2.05) is 0 Å². The van der Waals surface area contributed by atoms with Crippen LogP contribution in [0.3, 0.4) is 0 Å². The van der Waals surface area contributed by atoms with Crippen molar-refractivity contribution in [3.05, 3.63) is 0 Å². The molecule has 1 amide bonds. The smallest absolute Gasteiger partial charge is 0.224 e. The van der Waals surface area contributed by atoms with Crippen LogP contribution in [0.5, 0.6) is 0 Å². The van der Waals surface area contributed by atoms with Gasteiger partial charge in [0.1, 0.15) is 0 Å². The Morgan fingerprint density at radius 3 is 3.00 bits per heavy atom. The number of hydrogen-bond donors (Lipinski definition) is 2. The first-order valence-electron chi connectivity index (χ1n) is 4.98. The van der Waals surface area contributed by atoms with E-state index in [1.165, 1.54) is 0 Å². The maximum absolute atomic E-state index is 11.5. The maximum Gasteiger partial charge on any atom is 0.224 e. The van der Waals surface area contributed by atoms with Crippen LogP contribution >= 0.6 is 0 Å². The van der Waals surface area contributed by atoms with Crippen LogP contribution in [-0.4, -0.2) is 41.8 Å². The van der Waals surface area contributed by atoms with Crippen LogP contribution in [0, 0.1) is 5.92 Å². The van der Waals surface area contributed by atoms with Gasteiger partial charge in [-0.25, -0.2) is 0 Å². The van der Waals surface area contributed by atoms with Crippen LogP contribution in [-0.2, 0) is 15.6 Å². The van der Waals surface area contributed by atoms with Crippen LogP contribution in [0.25, 0.3) is 0 Å². The summed E-state index contributed by atoms with van der Waals surface area (Å²) in [5.41, 5.74) is 0. The lowest BCUT2D eigenvalue weighted by Crippen LogP contribution is -2.41. The first kappa shape index (κ1) is 11.7. The van der Waals surface area contributed by atoms with E-state index in [-0.39, 0.29) is 11.8 Å². The van der Waals surface area contributed by atoms with Gasteiger partial charge in [0, 0.05) is 35.9 Å². The fourth-order valence-electron chi connectivity index (χ4n) is 1.54. The second kappa shape index (κ2) is 6.14. The summed E-state index contributed by atoms with van der Waals surface area (Å²) in [5, 5.41) is 6.01. The molecule has 82 valence electrons. The second-order valence-electron chi connectivity index (χ2n) is 3.61. The molecule has 1 saturated heterocycles. The quantitative estimate of drug-likeness (QED) is 0.667. The lowest BCUT2D eigenvalue weighted by molar-refractivity contribution is -0.125. The first-order chi connectivity index (χ1) is 6.70. The molecule has 2 atom stereocenters. The number of hydrogen-bond acceptors (Lipinski definition) is 3. The number of piperidine rings is 1. The van der Waals surface area contributed by atoms with E-state index in [0.29, 0.717) is 12.3 Å². The van der Waals surface area contributed by atoms with Crippen molar-refractivity contribution in [2.45, 2.75) is 12.8 Å². The van der Waals surface area contributed by atoms with Crippen molar-refractivity contribution < 1.29 is 9.00 Å². The molecule has 0 saturated carbocycles. The molecule has 0 radical (unpaired) electrons. The Hall–Kier alpha value is -0.420. The van der Waals surface area contributed by atoms with Gasteiger partial charge in [-0.15, -0.1) is 0 Å². The van der Waals surface area contributed by atoms with Crippen molar-refractivity contribution in [1.82, 2.24) is 10.6 Å². The van der Waals surface area contributed by atoms with Crippen molar-refractivity contribution in [3.63, 3.8) is 0 Å². The third kappa shape index (κ3) is 4.19. The van der Waals surface area contributed by atoms with E-state index in [0.717, 1.165) is 25.9 Å². The van der Waals surface area contributed by atoms with Gasteiger partial charge < -0.3 is 10.6 Å². The molecule has 14 heavy (non-hydrogen) atoms. The summed E-state index contributed by atoms with van der Waals surface area (Å²) >= 11 is 0. The Bertz CT molecular complexity index is 215. The Kier molecular flexibility index (Phi) is 5.11. The average Bonchev–Trinajstić information content (AvgIpc) is 2.18. The molecule has 0 aromatic rings. The SMILES string of the molecule is CS(=O)CCNC(=O)C1CCCNC1. The maximum atomic E-state index is 11.5. The summed E-state index contributed by atoms with van der Waals surface area (Å²) in [4.78, 5) is 11.5. The number of rotatable bonds is 4. The molecule has 0 spiro atoms. The number of carbonyl (C=O) groups excluding carboxylic acids is 1. The highest BCUT2D eigenvalue weighted by Crippen LogP contribution is 2.09. The molecule has 1 rings (SSSR count). The van der Waals surface area contributed by atoms with Gasteiger partial charge in [-0.2, -0.15) is 0 Å². The molecule has 1 heterocycles. The highest BCUT2D eigenvalue weighted by Gasteiger charge is 2.19. The fourth-order valence-corrected chi connectivity index (χ4v) is 1.93. The molecule has 1 aliphatic rings. The zero-order valence-electron chi connectivity index (χ0n) is 8.54. The minimum Gasteiger partial charge on any atom is -0.355 e. The first-order valence-corrected chi connectivity index (χ1v) is 6.71. The molecule has 4 nitrogen and oxygen atoms in total. The van der Waals surface area contributed by atoms with Gasteiger partial charge in [-0.3, -0.25) is 9.00 Å². The zero-order valence-corrected chi connectivity index (χ0v) is 9.36. The largest absolute Gasteiger partial charge is 0.355 e. The van der Waals surface area contributed by atoms with Gasteiger partial charge >= 0.3 is 0 Å². The lowest BCUT2D eigenvalue weighted by Gasteiger charge is -2.21.